The lowest BCUT2D eigenvalue weighted by Gasteiger charge is -1.98. The van der Waals surface area contributed by atoms with Crippen molar-refractivity contribution in [1.29, 1.82) is 0 Å². The minimum absolute atomic E-state index is 1.06. The van der Waals surface area contributed by atoms with Gasteiger partial charge in [0.05, 0.1) is 0 Å². The van der Waals surface area contributed by atoms with Crippen LogP contribution in [0.3, 0.4) is 0 Å². The molecule has 0 aliphatic heterocycles. The molecule has 0 spiro atoms. The van der Waals surface area contributed by atoms with E-state index in [0.717, 1.165) is 12.6 Å². The molecule has 3 radical (unpaired) electrons. The van der Waals surface area contributed by atoms with Gasteiger partial charge in [-0.2, -0.15) is 0 Å². The number of unbranched alkanes of at least 4 members (excludes halogenated alkanes) is 1. The molecule has 0 fully saturated rings. The number of hydrogen-bond donors (Lipinski definition) is 1. The summed E-state index contributed by atoms with van der Waals surface area (Å²) < 4.78 is 0. The van der Waals surface area contributed by atoms with E-state index in [4.69, 9.17) is 0 Å². The minimum Gasteiger partial charge on any atom is -0.317 e. The fraction of sp³-hybridized carbons (Fsp3) is 1.00. The maximum Gasteiger partial charge on any atom is 0.0238 e. The summed E-state index contributed by atoms with van der Waals surface area (Å²) in [7, 11) is 3.38. The molecule has 2 heteroatoms. The van der Waals surface area contributed by atoms with Crippen LogP contribution in [0, 0.1) is 0 Å². The van der Waals surface area contributed by atoms with Gasteiger partial charge in [-0.1, -0.05) is 19.4 Å². The fourth-order valence-electron chi connectivity index (χ4n) is 0.515. The summed E-state index contributed by atoms with van der Waals surface area (Å²) in [5.74, 6) is 0. The van der Waals surface area contributed by atoms with Crippen LogP contribution in [0.1, 0.15) is 19.8 Å². The third-order valence-corrected chi connectivity index (χ3v) is 1.26. The van der Waals surface area contributed by atoms with Crippen LogP contribution < -0.4 is 5.32 Å². The third-order valence-electron chi connectivity index (χ3n) is 1.01. The van der Waals surface area contributed by atoms with Crippen LogP contribution in [0.2, 0.25) is 6.04 Å². The molecule has 0 atom stereocenters. The van der Waals surface area contributed by atoms with E-state index >= 15 is 0 Å². The second kappa shape index (κ2) is 7.18. The number of hydrogen-bond acceptors (Lipinski definition) is 1. The Kier molecular flexibility index (Phi) is 7.34. The summed E-state index contributed by atoms with van der Waals surface area (Å²) in [6, 6.07) is 1.06. The smallest absolute Gasteiger partial charge is 0.0238 e. The third kappa shape index (κ3) is 6.18. The maximum absolute atomic E-state index is 3.38. The van der Waals surface area contributed by atoms with Crippen molar-refractivity contribution in [3.63, 3.8) is 0 Å². The zero-order chi connectivity index (χ0) is 6.24. The molecule has 0 aromatic heterocycles. The SMILES string of the molecule is CCCCNCC[Si]. The van der Waals surface area contributed by atoms with Crippen molar-refractivity contribution in [3.05, 3.63) is 0 Å². The zero-order valence-electron chi connectivity index (χ0n) is 5.54. The second-order valence-electron chi connectivity index (χ2n) is 1.85. The Morgan fingerprint density at radius 1 is 1.38 bits per heavy atom. The highest BCUT2D eigenvalue weighted by molar-refractivity contribution is 6.08. The first-order valence-electron chi connectivity index (χ1n) is 3.27. The van der Waals surface area contributed by atoms with Crippen LogP contribution in [-0.2, 0) is 0 Å². The number of rotatable bonds is 5. The summed E-state index contributed by atoms with van der Waals surface area (Å²) in [4.78, 5) is 0. The average Bonchev–Trinajstić information content (AvgIpc) is 1.81. The molecule has 1 nitrogen and oxygen atoms in total. The van der Waals surface area contributed by atoms with Crippen molar-refractivity contribution < 1.29 is 0 Å². The largest absolute Gasteiger partial charge is 0.317 e. The monoisotopic (exact) mass is 128 g/mol. The highest BCUT2D eigenvalue weighted by Crippen LogP contribution is 1.81. The molecule has 0 unspecified atom stereocenters. The zero-order valence-corrected chi connectivity index (χ0v) is 6.54. The van der Waals surface area contributed by atoms with Crippen LogP contribution in [0.15, 0.2) is 0 Å². The van der Waals surface area contributed by atoms with E-state index < -0.39 is 0 Å². The van der Waals surface area contributed by atoms with Crippen molar-refractivity contribution in [2.75, 3.05) is 13.1 Å². The van der Waals surface area contributed by atoms with Crippen LogP contribution in [0.4, 0.5) is 0 Å². The molecule has 0 aromatic rings. The molecule has 0 aliphatic rings. The minimum atomic E-state index is 1.06. The molecule has 1 N–H and O–H groups in total. The Labute approximate surface area is 55.3 Å². The van der Waals surface area contributed by atoms with Crippen LogP contribution in [0.25, 0.3) is 0 Å². The lowest BCUT2D eigenvalue weighted by Crippen LogP contribution is -2.15. The van der Waals surface area contributed by atoms with Crippen molar-refractivity contribution in [2.24, 2.45) is 0 Å². The van der Waals surface area contributed by atoms with Gasteiger partial charge in [-0.3, -0.25) is 0 Å². The summed E-state index contributed by atoms with van der Waals surface area (Å²) in [6.07, 6.45) is 2.58. The van der Waals surface area contributed by atoms with Crippen LogP contribution >= 0.6 is 0 Å². The van der Waals surface area contributed by atoms with Gasteiger partial charge in [0, 0.05) is 10.2 Å². The Morgan fingerprint density at radius 2 is 2.12 bits per heavy atom. The quantitative estimate of drug-likeness (QED) is 0.429. The molecule has 0 saturated heterocycles. The molecule has 0 saturated carbocycles. The molecule has 0 bridgehead atoms. The Balaban J connectivity index is 2.53. The lowest BCUT2D eigenvalue weighted by molar-refractivity contribution is 0.663. The van der Waals surface area contributed by atoms with Crippen molar-refractivity contribution in [1.82, 2.24) is 5.32 Å². The summed E-state index contributed by atoms with van der Waals surface area (Å²) in [5.41, 5.74) is 0. The highest BCUT2D eigenvalue weighted by atomic mass is 28.1. The molecule has 0 aromatic carbocycles. The van der Waals surface area contributed by atoms with Crippen molar-refractivity contribution in [3.8, 4) is 0 Å². The van der Waals surface area contributed by atoms with E-state index in [-0.39, 0.29) is 0 Å². The normalized spacial score (nSPS) is 9.75. The van der Waals surface area contributed by atoms with Gasteiger partial charge in [-0.25, -0.2) is 0 Å². The van der Waals surface area contributed by atoms with Gasteiger partial charge in [0.1, 0.15) is 0 Å². The molecular weight excluding hydrogens is 114 g/mol. The molecular formula is C6H14NSi. The number of nitrogens with one attached hydrogen (secondary N) is 1. The predicted octanol–water partition coefficient (Wildman–Crippen LogP) is 0.963. The fourth-order valence-corrected chi connectivity index (χ4v) is 0.692. The van der Waals surface area contributed by atoms with Gasteiger partial charge in [-0.05, 0) is 19.5 Å². The van der Waals surface area contributed by atoms with Crippen LogP contribution in [0.5, 0.6) is 0 Å². The summed E-state index contributed by atoms with van der Waals surface area (Å²) in [5, 5.41) is 3.29. The predicted molar refractivity (Wildman–Crippen MR) is 38.3 cm³/mol. The highest BCUT2D eigenvalue weighted by Gasteiger charge is 1.80. The lowest BCUT2D eigenvalue weighted by atomic mass is 10.3. The van der Waals surface area contributed by atoms with Gasteiger partial charge in [0.25, 0.3) is 0 Å². The Bertz CT molecular complexity index is 33.5. The van der Waals surface area contributed by atoms with E-state index in [1.54, 1.807) is 0 Å². The van der Waals surface area contributed by atoms with E-state index in [1.807, 2.05) is 0 Å². The summed E-state index contributed by atoms with van der Waals surface area (Å²) in [6.45, 7) is 4.47. The molecule has 47 valence electrons. The van der Waals surface area contributed by atoms with E-state index in [1.165, 1.54) is 19.4 Å². The Hall–Kier alpha value is 0.177. The van der Waals surface area contributed by atoms with Gasteiger partial charge in [-0.15, -0.1) is 0 Å². The second-order valence-corrected chi connectivity index (χ2v) is 2.35. The van der Waals surface area contributed by atoms with Crippen LogP contribution in [-0.4, -0.2) is 23.3 Å². The van der Waals surface area contributed by atoms with Gasteiger partial charge >= 0.3 is 0 Å². The molecule has 0 amide bonds. The summed E-state index contributed by atoms with van der Waals surface area (Å²) >= 11 is 0. The standard InChI is InChI=1S/C6H14NSi/c1-2-3-4-7-5-6-8/h7H,2-6H2,1H3. The molecule has 0 aliphatic carbocycles. The van der Waals surface area contributed by atoms with Crippen molar-refractivity contribution in [2.45, 2.75) is 25.8 Å². The van der Waals surface area contributed by atoms with E-state index in [2.05, 4.69) is 22.5 Å². The first kappa shape index (κ1) is 8.18. The first-order valence-corrected chi connectivity index (χ1v) is 3.97. The molecule has 8 heavy (non-hydrogen) atoms. The van der Waals surface area contributed by atoms with E-state index in [0.29, 0.717) is 0 Å². The topological polar surface area (TPSA) is 12.0 Å². The molecule has 0 rings (SSSR count). The molecule has 0 heterocycles. The van der Waals surface area contributed by atoms with Gasteiger partial charge in [0.2, 0.25) is 0 Å². The maximum atomic E-state index is 3.38. The Morgan fingerprint density at radius 3 is 2.62 bits per heavy atom. The van der Waals surface area contributed by atoms with Crippen molar-refractivity contribution >= 4 is 10.2 Å². The van der Waals surface area contributed by atoms with Gasteiger partial charge < -0.3 is 5.32 Å². The van der Waals surface area contributed by atoms with E-state index in [9.17, 15) is 0 Å². The average molecular weight is 128 g/mol. The van der Waals surface area contributed by atoms with Gasteiger partial charge in [0.15, 0.2) is 0 Å². The first-order chi connectivity index (χ1) is 3.91.